The molecular weight excluding hydrogens is 207 g/mol. The van der Waals surface area contributed by atoms with E-state index in [1.165, 1.54) is 0 Å². The molecule has 90 valence electrons. The summed E-state index contributed by atoms with van der Waals surface area (Å²) < 4.78 is 0. The van der Waals surface area contributed by atoms with Crippen LogP contribution in [0.5, 0.6) is 0 Å². The number of hydrogen-bond acceptors (Lipinski definition) is 4. The van der Waals surface area contributed by atoms with Crippen molar-refractivity contribution in [2.75, 3.05) is 19.6 Å². The van der Waals surface area contributed by atoms with E-state index in [9.17, 15) is 14.8 Å². The van der Waals surface area contributed by atoms with Crippen molar-refractivity contribution in [1.29, 1.82) is 0 Å². The fourth-order valence-electron chi connectivity index (χ4n) is 2.66. The Labute approximate surface area is 96.0 Å². The average molecular weight is 226 g/mol. The van der Waals surface area contributed by atoms with E-state index in [2.05, 4.69) is 5.32 Å². The number of rotatable bonds is 3. The first-order valence-corrected chi connectivity index (χ1v) is 6.05. The van der Waals surface area contributed by atoms with E-state index in [0.29, 0.717) is 25.3 Å². The van der Waals surface area contributed by atoms with Crippen molar-refractivity contribution >= 4 is 13.0 Å². The summed E-state index contributed by atoms with van der Waals surface area (Å²) in [5.74, 6) is 0.107. The van der Waals surface area contributed by atoms with Gasteiger partial charge in [0.15, 0.2) is 0 Å². The zero-order valence-electron chi connectivity index (χ0n) is 9.43. The van der Waals surface area contributed by atoms with Crippen LogP contribution in [-0.2, 0) is 4.79 Å². The molecule has 1 amide bonds. The second-order valence-electron chi connectivity index (χ2n) is 4.77. The van der Waals surface area contributed by atoms with E-state index < -0.39 is 7.12 Å². The van der Waals surface area contributed by atoms with Crippen LogP contribution in [0.4, 0.5) is 0 Å². The highest BCUT2D eigenvalue weighted by molar-refractivity contribution is 6.43. The van der Waals surface area contributed by atoms with Gasteiger partial charge in [0.25, 0.3) is 0 Å². The number of amides is 1. The van der Waals surface area contributed by atoms with Gasteiger partial charge in [-0.05, 0) is 38.3 Å². The van der Waals surface area contributed by atoms with Crippen LogP contribution in [0.3, 0.4) is 0 Å². The Morgan fingerprint density at radius 1 is 1.44 bits per heavy atom. The highest BCUT2D eigenvalue weighted by Gasteiger charge is 2.37. The second-order valence-corrected chi connectivity index (χ2v) is 4.77. The van der Waals surface area contributed by atoms with Gasteiger partial charge in [-0.15, -0.1) is 0 Å². The van der Waals surface area contributed by atoms with E-state index >= 15 is 0 Å². The topological polar surface area (TPSA) is 72.8 Å². The highest BCUT2D eigenvalue weighted by atomic mass is 16.4. The predicted molar refractivity (Wildman–Crippen MR) is 60.5 cm³/mol. The summed E-state index contributed by atoms with van der Waals surface area (Å²) in [6.07, 6.45) is 3.16. The maximum absolute atomic E-state index is 12.0. The standard InChI is InChI=1S/C10H19BN2O3/c14-10(6-8-3-4-12-7-8)13-5-1-2-9(13)11(15)16/h8-9,12,15-16H,1-7H2. The van der Waals surface area contributed by atoms with Crippen LogP contribution in [0.2, 0.25) is 0 Å². The molecular formula is C10H19BN2O3. The van der Waals surface area contributed by atoms with Gasteiger partial charge < -0.3 is 20.3 Å². The Morgan fingerprint density at radius 2 is 2.25 bits per heavy atom. The molecule has 16 heavy (non-hydrogen) atoms. The second kappa shape index (κ2) is 5.16. The molecule has 2 aliphatic rings. The van der Waals surface area contributed by atoms with Gasteiger partial charge >= 0.3 is 7.12 Å². The first kappa shape index (κ1) is 11.9. The third kappa shape index (κ3) is 2.56. The zero-order valence-corrected chi connectivity index (χ0v) is 9.43. The fourth-order valence-corrected chi connectivity index (χ4v) is 2.66. The fraction of sp³-hybridized carbons (Fsp3) is 0.900. The summed E-state index contributed by atoms with van der Waals surface area (Å²) >= 11 is 0. The molecule has 2 unspecified atom stereocenters. The molecule has 2 rings (SSSR count). The Morgan fingerprint density at radius 3 is 2.88 bits per heavy atom. The summed E-state index contributed by atoms with van der Waals surface area (Å²) in [6, 6.07) is 0. The Balaban J connectivity index is 1.87. The molecule has 0 aromatic rings. The monoisotopic (exact) mass is 226 g/mol. The molecule has 0 spiro atoms. The number of carbonyl (C=O) groups is 1. The molecule has 2 saturated heterocycles. The maximum Gasteiger partial charge on any atom is 0.475 e. The summed E-state index contributed by atoms with van der Waals surface area (Å²) in [7, 11) is -1.40. The van der Waals surface area contributed by atoms with Crippen LogP contribution in [0.25, 0.3) is 0 Å². The van der Waals surface area contributed by atoms with Gasteiger partial charge in [0, 0.05) is 13.0 Å². The molecule has 2 fully saturated rings. The number of nitrogens with zero attached hydrogens (tertiary/aromatic N) is 1. The quantitative estimate of drug-likeness (QED) is 0.539. The van der Waals surface area contributed by atoms with Gasteiger partial charge in [0.05, 0.1) is 5.94 Å². The average Bonchev–Trinajstić information content (AvgIpc) is 2.86. The zero-order chi connectivity index (χ0) is 11.5. The number of carbonyl (C=O) groups excluding carboxylic acids is 1. The first-order valence-electron chi connectivity index (χ1n) is 6.05. The third-order valence-corrected chi connectivity index (χ3v) is 3.59. The highest BCUT2D eigenvalue weighted by Crippen LogP contribution is 2.22. The van der Waals surface area contributed by atoms with Crippen LogP contribution < -0.4 is 5.32 Å². The van der Waals surface area contributed by atoms with Crippen molar-refractivity contribution < 1.29 is 14.8 Å². The summed E-state index contributed by atoms with van der Waals surface area (Å²) in [5.41, 5.74) is 0. The lowest BCUT2D eigenvalue weighted by Crippen LogP contribution is -2.46. The molecule has 2 heterocycles. The van der Waals surface area contributed by atoms with Crippen molar-refractivity contribution in [3.63, 3.8) is 0 Å². The van der Waals surface area contributed by atoms with Crippen molar-refractivity contribution in [1.82, 2.24) is 10.2 Å². The van der Waals surface area contributed by atoms with E-state index in [0.717, 1.165) is 25.9 Å². The van der Waals surface area contributed by atoms with Gasteiger partial charge in [-0.2, -0.15) is 0 Å². The van der Waals surface area contributed by atoms with Gasteiger partial charge in [-0.3, -0.25) is 4.79 Å². The minimum Gasteiger partial charge on any atom is -0.426 e. The van der Waals surface area contributed by atoms with Crippen molar-refractivity contribution in [3.05, 3.63) is 0 Å². The lowest BCUT2D eigenvalue weighted by Gasteiger charge is -2.25. The lowest BCUT2D eigenvalue weighted by atomic mass is 9.77. The van der Waals surface area contributed by atoms with Crippen molar-refractivity contribution in [2.45, 2.75) is 31.6 Å². The van der Waals surface area contributed by atoms with Crippen LogP contribution in [0.15, 0.2) is 0 Å². The minimum atomic E-state index is -1.40. The minimum absolute atomic E-state index is 0.0734. The lowest BCUT2D eigenvalue weighted by molar-refractivity contribution is -0.132. The van der Waals surface area contributed by atoms with Gasteiger partial charge in [0.1, 0.15) is 0 Å². The molecule has 6 heteroatoms. The van der Waals surface area contributed by atoms with Crippen LogP contribution in [0.1, 0.15) is 25.7 Å². The third-order valence-electron chi connectivity index (χ3n) is 3.59. The van der Waals surface area contributed by atoms with Crippen LogP contribution >= 0.6 is 0 Å². The summed E-state index contributed by atoms with van der Waals surface area (Å²) in [4.78, 5) is 13.6. The van der Waals surface area contributed by atoms with Crippen molar-refractivity contribution in [2.24, 2.45) is 5.92 Å². The normalized spacial score (nSPS) is 29.8. The Hall–Kier alpha value is -0.585. The maximum atomic E-state index is 12.0. The Kier molecular flexibility index (Phi) is 3.84. The molecule has 5 nitrogen and oxygen atoms in total. The number of likely N-dealkylation sites (tertiary alicyclic amines) is 1. The molecule has 2 atom stereocenters. The molecule has 0 aromatic heterocycles. The smallest absolute Gasteiger partial charge is 0.426 e. The molecule has 3 N–H and O–H groups in total. The van der Waals surface area contributed by atoms with E-state index in [1.807, 2.05) is 0 Å². The summed E-state index contributed by atoms with van der Waals surface area (Å²) in [6.45, 7) is 2.57. The Bertz CT molecular complexity index is 256. The number of nitrogens with one attached hydrogen (secondary N) is 1. The largest absolute Gasteiger partial charge is 0.475 e. The van der Waals surface area contributed by atoms with Gasteiger partial charge in [-0.1, -0.05) is 0 Å². The predicted octanol–water partition coefficient (Wildman–Crippen LogP) is -1.01. The molecule has 2 aliphatic heterocycles. The van der Waals surface area contributed by atoms with E-state index in [-0.39, 0.29) is 11.8 Å². The van der Waals surface area contributed by atoms with Gasteiger partial charge in [-0.25, -0.2) is 0 Å². The molecule has 0 aromatic carbocycles. The molecule has 0 saturated carbocycles. The SMILES string of the molecule is O=C(CC1CCNC1)N1CCCC1B(O)O. The van der Waals surface area contributed by atoms with Crippen LogP contribution in [-0.4, -0.2) is 53.5 Å². The van der Waals surface area contributed by atoms with Gasteiger partial charge in [0.2, 0.25) is 5.91 Å². The first-order chi connectivity index (χ1) is 7.68. The molecule has 0 aliphatic carbocycles. The summed E-state index contributed by atoms with van der Waals surface area (Å²) in [5, 5.41) is 21.6. The van der Waals surface area contributed by atoms with E-state index in [1.54, 1.807) is 4.90 Å². The van der Waals surface area contributed by atoms with Crippen molar-refractivity contribution in [3.8, 4) is 0 Å². The molecule has 0 bridgehead atoms. The number of hydrogen-bond donors (Lipinski definition) is 3. The molecule has 0 radical (unpaired) electrons. The van der Waals surface area contributed by atoms with Crippen LogP contribution in [0, 0.1) is 5.92 Å². The van der Waals surface area contributed by atoms with E-state index in [4.69, 9.17) is 0 Å².